The van der Waals surface area contributed by atoms with E-state index in [-0.39, 0.29) is 22.7 Å². The highest BCUT2D eigenvalue weighted by molar-refractivity contribution is 5.89. The quantitative estimate of drug-likeness (QED) is 0.524. The van der Waals surface area contributed by atoms with Gasteiger partial charge in [0.25, 0.3) is 0 Å². The number of esters is 1. The van der Waals surface area contributed by atoms with Crippen molar-refractivity contribution in [3.8, 4) is 5.75 Å². The van der Waals surface area contributed by atoms with Crippen LogP contribution in [0.15, 0.2) is 42.5 Å². The number of hydrogen-bond donors (Lipinski definition) is 0. The second-order valence-electron chi connectivity index (χ2n) is 8.73. The molecule has 0 saturated heterocycles. The molecule has 0 fully saturated rings. The van der Waals surface area contributed by atoms with Gasteiger partial charge >= 0.3 is 5.97 Å². The van der Waals surface area contributed by atoms with Crippen LogP contribution in [0.1, 0.15) is 69.7 Å². The zero-order valence-corrected chi connectivity index (χ0v) is 15.4. The highest BCUT2D eigenvalue weighted by Crippen LogP contribution is 2.42. The summed E-state index contributed by atoms with van der Waals surface area (Å²) < 4.78 is 5.53. The number of carbonyl (C=O) groups is 1. The van der Waals surface area contributed by atoms with E-state index in [1.807, 2.05) is 18.2 Å². The first-order valence-electron chi connectivity index (χ1n) is 8.54. The van der Waals surface area contributed by atoms with Gasteiger partial charge in [0.2, 0.25) is 0 Å². The Morgan fingerprint density at radius 3 is 2.08 bits per heavy atom. The molecule has 1 heterocycles. The molecule has 2 aromatic rings. The summed E-state index contributed by atoms with van der Waals surface area (Å²) in [5.74, 6) is 0.186. The molecular formula is C22H26O2. The second-order valence-corrected chi connectivity index (χ2v) is 8.73. The first kappa shape index (κ1) is 16.8. The predicted molar refractivity (Wildman–Crippen MR) is 97.8 cm³/mol. The van der Waals surface area contributed by atoms with Gasteiger partial charge in [-0.3, -0.25) is 4.79 Å². The fraction of sp³-hybridized carbons (Fsp3) is 0.409. The molecular weight excluding hydrogens is 296 g/mol. The molecule has 0 aromatic heterocycles. The maximum Gasteiger partial charge on any atom is 0.323 e. The van der Waals surface area contributed by atoms with Gasteiger partial charge in [0.1, 0.15) is 11.7 Å². The van der Waals surface area contributed by atoms with Crippen molar-refractivity contribution in [2.45, 2.75) is 58.3 Å². The molecule has 0 aliphatic carbocycles. The van der Waals surface area contributed by atoms with E-state index in [1.54, 1.807) is 0 Å². The van der Waals surface area contributed by atoms with E-state index in [1.165, 1.54) is 11.1 Å². The normalized spacial score (nSPS) is 17.6. The first-order chi connectivity index (χ1) is 11.1. The number of ether oxygens (including phenoxy) is 1. The minimum Gasteiger partial charge on any atom is -0.425 e. The lowest BCUT2D eigenvalue weighted by molar-refractivity contribution is -0.133. The Kier molecular flexibility index (Phi) is 3.82. The lowest BCUT2D eigenvalue weighted by Gasteiger charge is -2.22. The summed E-state index contributed by atoms with van der Waals surface area (Å²) in [6.45, 7) is 13.1. The van der Waals surface area contributed by atoms with Crippen LogP contribution in [0.5, 0.6) is 5.75 Å². The topological polar surface area (TPSA) is 26.3 Å². The zero-order chi connectivity index (χ0) is 17.7. The lowest BCUT2D eigenvalue weighted by Crippen LogP contribution is -2.15. The van der Waals surface area contributed by atoms with Crippen LogP contribution in [0.2, 0.25) is 0 Å². The first-order valence-corrected chi connectivity index (χ1v) is 8.54. The summed E-state index contributed by atoms with van der Waals surface area (Å²) in [7, 11) is 0. The fourth-order valence-corrected chi connectivity index (χ4v) is 3.13. The summed E-state index contributed by atoms with van der Waals surface area (Å²) in [4.78, 5) is 12.5. The van der Waals surface area contributed by atoms with E-state index in [4.69, 9.17) is 4.74 Å². The van der Waals surface area contributed by atoms with Crippen molar-refractivity contribution in [1.29, 1.82) is 0 Å². The Morgan fingerprint density at radius 2 is 1.46 bits per heavy atom. The Morgan fingerprint density at radius 1 is 0.833 bits per heavy atom. The molecule has 1 unspecified atom stereocenters. The maximum absolute atomic E-state index is 12.5. The Bertz CT molecular complexity index is 788. The molecule has 1 aliphatic rings. The van der Waals surface area contributed by atoms with Crippen molar-refractivity contribution >= 4 is 5.97 Å². The molecule has 1 aliphatic heterocycles. The monoisotopic (exact) mass is 322 g/mol. The van der Waals surface area contributed by atoms with Gasteiger partial charge in [0, 0.05) is 5.56 Å². The van der Waals surface area contributed by atoms with Crippen LogP contribution in [0.4, 0.5) is 0 Å². The molecule has 0 radical (unpaired) electrons. The number of benzene rings is 2. The van der Waals surface area contributed by atoms with E-state index in [0.29, 0.717) is 5.75 Å². The molecule has 24 heavy (non-hydrogen) atoms. The van der Waals surface area contributed by atoms with Gasteiger partial charge in [-0.25, -0.2) is 0 Å². The van der Waals surface area contributed by atoms with Crippen LogP contribution in [0, 0.1) is 0 Å². The average Bonchev–Trinajstić information content (AvgIpc) is 2.80. The summed E-state index contributed by atoms with van der Waals surface area (Å²) in [6.07, 6.45) is 0. The Labute approximate surface area is 144 Å². The number of carbonyl (C=O) groups excluding carboxylic acids is 1. The summed E-state index contributed by atoms with van der Waals surface area (Å²) >= 11 is 0. The maximum atomic E-state index is 12.5. The van der Waals surface area contributed by atoms with Crippen LogP contribution in [-0.2, 0) is 15.6 Å². The number of hydrogen-bond acceptors (Lipinski definition) is 2. The Balaban J connectivity index is 2.10. The van der Waals surface area contributed by atoms with Crippen LogP contribution in [0.25, 0.3) is 0 Å². The molecule has 0 N–H and O–H groups in total. The van der Waals surface area contributed by atoms with Gasteiger partial charge in [0.15, 0.2) is 0 Å². The van der Waals surface area contributed by atoms with Crippen molar-refractivity contribution in [2.24, 2.45) is 0 Å². The SMILES string of the molecule is CC(C)(C)c1cccc(C2C(=O)Oc3ccc(C(C)(C)C)cc32)c1. The average molecular weight is 322 g/mol. The smallest absolute Gasteiger partial charge is 0.323 e. The third-order valence-corrected chi connectivity index (χ3v) is 4.72. The number of rotatable bonds is 1. The summed E-state index contributed by atoms with van der Waals surface area (Å²) in [5, 5.41) is 0. The molecule has 3 rings (SSSR count). The number of fused-ring (bicyclic) bond motifs is 1. The van der Waals surface area contributed by atoms with Gasteiger partial charge in [-0.1, -0.05) is 77.9 Å². The molecule has 0 bridgehead atoms. The van der Waals surface area contributed by atoms with Crippen molar-refractivity contribution in [3.63, 3.8) is 0 Å². The third-order valence-electron chi connectivity index (χ3n) is 4.72. The largest absolute Gasteiger partial charge is 0.425 e. The van der Waals surface area contributed by atoms with Gasteiger partial charge in [0.05, 0.1) is 0 Å². The van der Waals surface area contributed by atoms with Gasteiger partial charge < -0.3 is 4.74 Å². The lowest BCUT2D eigenvalue weighted by atomic mass is 9.81. The highest BCUT2D eigenvalue weighted by Gasteiger charge is 2.35. The van der Waals surface area contributed by atoms with Crippen molar-refractivity contribution < 1.29 is 9.53 Å². The van der Waals surface area contributed by atoms with Crippen LogP contribution < -0.4 is 4.74 Å². The molecule has 0 spiro atoms. The van der Waals surface area contributed by atoms with E-state index >= 15 is 0 Å². The third kappa shape index (κ3) is 2.98. The molecule has 126 valence electrons. The van der Waals surface area contributed by atoms with Crippen LogP contribution in [-0.4, -0.2) is 5.97 Å². The second kappa shape index (κ2) is 5.47. The zero-order valence-electron chi connectivity index (χ0n) is 15.4. The molecule has 2 heteroatoms. The molecule has 0 amide bonds. The minimum absolute atomic E-state index is 0.0402. The van der Waals surface area contributed by atoms with Crippen LogP contribution >= 0.6 is 0 Å². The van der Waals surface area contributed by atoms with Gasteiger partial charge in [-0.15, -0.1) is 0 Å². The summed E-state index contributed by atoms with van der Waals surface area (Å²) in [5.41, 5.74) is 4.54. The van der Waals surface area contributed by atoms with Crippen molar-refractivity contribution in [3.05, 3.63) is 64.7 Å². The van der Waals surface area contributed by atoms with Gasteiger partial charge in [-0.05, 0) is 33.6 Å². The van der Waals surface area contributed by atoms with Crippen molar-refractivity contribution in [2.75, 3.05) is 0 Å². The van der Waals surface area contributed by atoms with E-state index in [0.717, 1.165) is 11.1 Å². The molecule has 2 aromatic carbocycles. The Hall–Kier alpha value is -2.09. The predicted octanol–water partition coefficient (Wildman–Crippen LogP) is 5.33. The van der Waals surface area contributed by atoms with Gasteiger partial charge in [-0.2, -0.15) is 0 Å². The minimum atomic E-state index is -0.329. The highest BCUT2D eigenvalue weighted by atomic mass is 16.5. The molecule has 2 nitrogen and oxygen atoms in total. The van der Waals surface area contributed by atoms with E-state index in [9.17, 15) is 4.79 Å². The molecule has 1 atom stereocenters. The van der Waals surface area contributed by atoms with E-state index in [2.05, 4.69) is 65.8 Å². The van der Waals surface area contributed by atoms with E-state index < -0.39 is 0 Å². The fourth-order valence-electron chi connectivity index (χ4n) is 3.13. The molecule has 0 saturated carbocycles. The van der Waals surface area contributed by atoms with Crippen molar-refractivity contribution in [1.82, 2.24) is 0 Å². The standard InChI is InChI=1S/C22H26O2/c1-21(2,3)15-9-7-8-14(12-15)19-17-13-16(22(4,5)6)10-11-18(17)24-20(19)23/h7-13,19H,1-6H3. The van der Waals surface area contributed by atoms with Crippen LogP contribution in [0.3, 0.4) is 0 Å². The summed E-state index contributed by atoms with van der Waals surface area (Å²) in [6, 6.07) is 14.5.